The molecule has 7 nitrogen and oxygen atoms in total. The minimum absolute atomic E-state index is 0.00714. The zero-order valence-corrected chi connectivity index (χ0v) is 20.3. The van der Waals surface area contributed by atoms with E-state index in [9.17, 15) is 32.3 Å². The van der Waals surface area contributed by atoms with Crippen LogP contribution in [0.2, 0.25) is 0 Å². The molecule has 1 heterocycles. The maximum absolute atomic E-state index is 13.0. The third-order valence-corrected chi connectivity index (χ3v) is 9.78. The molecule has 1 aliphatic heterocycles. The first-order valence-electron chi connectivity index (χ1n) is 10.2. The van der Waals surface area contributed by atoms with Gasteiger partial charge < -0.3 is 10.1 Å². The lowest BCUT2D eigenvalue weighted by Crippen LogP contribution is -2.45. The van der Waals surface area contributed by atoms with Gasteiger partial charge in [-0.15, -0.1) is 0 Å². The summed E-state index contributed by atoms with van der Waals surface area (Å²) < 4.78 is 43.3. The van der Waals surface area contributed by atoms with Crippen LogP contribution < -0.4 is 5.32 Å². The molecule has 4 rings (SSSR count). The van der Waals surface area contributed by atoms with Crippen LogP contribution in [0.15, 0.2) is 24.3 Å². The summed E-state index contributed by atoms with van der Waals surface area (Å²) in [7, 11) is 0. The first-order valence-corrected chi connectivity index (χ1v) is 12.0. The van der Waals surface area contributed by atoms with Gasteiger partial charge in [0.2, 0.25) is 11.8 Å². The minimum atomic E-state index is -4.57. The molecular formula is C21H19Br2F3N2O5. The molecule has 12 heteroatoms. The molecule has 3 amide bonds. The van der Waals surface area contributed by atoms with Crippen LogP contribution in [0.4, 0.5) is 18.9 Å². The van der Waals surface area contributed by atoms with Gasteiger partial charge in [-0.3, -0.25) is 19.3 Å². The normalized spacial score (nSPS) is 31.5. The number of alkyl halides is 5. The largest absolute Gasteiger partial charge is 0.454 e. The van der Waals surface area contributed by atoms with Gasteiger partial charge in [-0.2, -0.15) is 13.2 Å². The molecule has 33 heavy (non-hydrogen) atoms. The van der Waals surface area contributed by atoms with Gasteiger partial charge in [-0.05, 0) is 43.4 Å². The van der Waals surface area contributed by atoms with Crippen molar-refractivity contribution >= 4 is 61.2 Å². The van der Waals surface area contributed by atoms with E-state index in [1.165, 1.54) is 13.0 Å². The summed E-state index contributed by atoms with van der Waals surface area (Å²) in [5, 5.41) is 2.22. The maximum atomic E-state index is 13.0. The molecule has 0 radical (unpaired) electrons. The van der Waals surface area contributed by atoms with Crippen molar-refractivity contribution in [3.8, 4) is 0 Å². The van der Waals surface area contributed by atoms with Gasteiger partial charge in [0.15, 0.2) is 6.61 Å². The van der Waals surface area contributed by atoms with Crippen molar-refractivity contribution in [2.75, 3.05) is 11.9 Å². The minimum Gasteiger partial charge on any atom is -0.454 e. The summed E-state index contributed by atoms with van der Waals surface area (Å²) in [6.45, 7) is 0.573. The number of halogens is 5. The Balaban J connectivity index is 1.35. The average molecular weight is 596 g/mol. The van der Waals surface area contributed by atoms with E-state index in [-0.39, 0.29) is 27.2 Å². The van der Waals surface area contributed by atoms with E-state index in [1.54, 1.807) is 0 Å². The van der Waals surface area contributed by atoms with E-state index in [0.29, 0.717) is 0 Å². The highest BCUT2D eigenvalue weighted by Gasteiger charge is 2.67. The van der Waals surface area contributed by atoms with Crippen molar-refractivity contribution < 1.29 is 37.1 Å². The number of benzene rings is 1. The highest BCUT2D eigenvalue weighted by atomic mass is 79.9. The second-order valence-corrected chi connectivity index (χ2v) is 10.6. The Labute approximate surface area is 203 Å². The summed E-state index contributed by atoms with van der Waals surface area (Å²) in [6.07, 6.45) is -3.82. The van der Waals surface area contributed by atoms with Gasteiger partial charge in [0.1, 0.15) is 6.04 Å². The van der Waals surface area contributed by atoms with Crippen LogP contribution in [0, 0.1) is 23.7 Å². The number of imide groups is 1. The fraction of sp³-hybridized carbons (Fsp3) is 0.524. The summed E-state index contributed by atoms with van der Waals surface area (Å²) in [5.74, 6) is -3.62. The zero-order valence-electron chi connectivity index (χ0n) is 17.1. The van der Waals surface area contributed by atoms with Crippen LogP contribution in [0.25, 0.3) is 0 Å². The maximum Gasteiger partial charge on any atom is 0.416 e. The Morgan fingerprint density at radius 1 is 1.15 bits per heavy atom. The number of hydrogen-bond acceptors (Lipinski definition) is 5. The topological polar surface area (TPSA) is 92.8 Å². The second-order valence-electron chi connectivity index (χ2n) is 8.46. The highest BCUT2D eigenvalue weighted by Crippen LogP contribution is 2.60. The van der Waals surface area contributed by atoms with Crippen LogP contribution in [0.5, 0.6) is 0 Å². The predicted molar refractivity (Wildman–Crippen MR) is 116 cm³/mol. The molecule has 1 aromatic carbocycles. The van der Waals surface area contributed by atoms with Crippen molar-refractivity contribution in [3.05, 3.63) is 29.8 Å². The van der Waals surface area contributed by atoms with Gasteiger partial charge in [0.05, 0.1) is 17.4 Å². The summed E-state index contributed by atoms with van der Waals surface area (Å²) >= 11 is 7.17. The molecule has 2 saturated carbocycles. The van der Waals surface area contributed by atoms with E-state index in [2.05, 4.69) is 37.2 Å². The molecule has 3 fully saturated rings. The summed E-state index contributed by atoms with van der Waals surface area (Å²) in [5.41, 5.74) is -1.05. The molecule has 0 unspecified atom stereocenters. The Hall–Kier alpha value is -1.95. The third kappa shape index (κ3) is 4.20. The zero-order chi connectivity index (χ0) is 24.2. The first kappa shape index (κ1) is 24.2. The van der Waals surface area contributed by atoms with E-state index in [1.807, 2.05) is 0 Å². The molecule has 0 aromatic heterocycles. The molecule has 2 bridgehead atoms. The van der Waals surface area contributed by atoms with Crippen LogP contribution >= 0.6 is 31.9 Å². The van der Waals surface area contributed by atoms with Crippen molar-refractivity contribution in [2.45, 2.75) is 35.2 Å². The molecule has 1 saturated heterocycles. The van der Waals surface area contributed by atoms with Gasteiger partial charge in [0.25, 0.3) is 5.91 Å². The fourth-order valence-electron chi connectivity index (χ4n) is 5.09. The Morgan fingerprint density at radius 3 is 2.27 bits per heavy atom. The number of hydrogen-bond donors (Lipinski definition) is 1. The number of nitrogens with one attached hydrogen (secondary N) is 1. The van der Waals surface area contributed by atoms with E-state index >= 15 is 0 Å². The highest BCUT2D eigenvalue weighted by molar-refractivity contribution is 9.12. The third-order valence-electron chi connectivity index (χ3n) is 6.57. The first-order chi connectivity index (χ1) is 15.4. The van der Waals surface area contributed by atoms with Gasteiger partial charge in [0, 0.05) is 15.3 Å². The SMILES string of the molecule is C[C@H](C(=O)OCC(=O)Nc1cccc(C(F)(F)F)c1)N1C(=O)[C@@H]2[C@H]3C[C@@H]([C@@H](Br)[C@H]3Br)[C@H]2C1=O. The molecule has 7 atom stereocenters. The number of nitrogens with zero attached hydrogens (tertiary/aromatic N) is 1. The van der Waals surface area contributed by atoms with Gasteiger partial charge in [-0.1, -0.05) is 37.9 Å². The Kier molecular flexibility index (Phi) is 6.36. The Morgan fingerprint density at radius 2 is 1.73 bits per heavy atom. The number of ether oxygens (including phenoxy) is 1. The van der Waals surface area contributed by atoms with E-state index in [0.717, 1.165) is 29.5 Å². The quantitative estimate of drug-likeness (QED) is 0.320. The number of esters is 1. The monoisotopic (exact) mass is 594 g/mol. The molecule has 2 aliphatic carbocycles. The molecular weight excluding hydrogens is 577 g/mol. The van der Waals surface area contributed by atoms with Gasteiger partial charge >= 0.3 is 12.1 Å². The average Bonchev–Trinajstić information content (AvgIpc) is 3.36. The van der Waals surface area contributed by atoms with Crippen LogP contribution in [-0.4, -0.2) is 50.9 Å². The van der Waals surface area contributed by atoms with E-state index in [4.69, 9.17) is 4.74 Å². The van der Waals surface area contributed by atoms with Crippen molar-refractivity contribution in [1.29, 1.82) is 0 Å². The molecule has 1 aromatic rings. The van der Waals surface area contributed by atoms with Crippen LogP contribution in [0.1, 0.15) is 18.9 Å². The molecule has 0 spiro atoms. The van der Waals surface area contributed by atoms with Crippen molar-refractivity contribution in [3.63, 3.8) is 0 Å². The lowest BCUT2D eigenvalue weighted by molar-refractivity contribution is -0.159. The molecule has 178 valence electrons. The van der Waals surface area contributed by atoms with Gasteiger partial charge in [-0.25, -0.2) is 4.79 Å². The standard InChI is InChI=1S/C21H19Br2F3N2O5/c1-8(28-18(30)14-11-6-12(15(14)19(28)31)17(23)16(11)22)20(32)33-7-13(29)27-10-4-2-3-9(5-10)21(24,25)26/h2-5,8,11-12,14-17H,6-7H2,1H3,(H,27,29)/t8-,11-,12-,14-,15-,16-,17+/m1/s1. The fourth-order valence-corrected chi connectivity index (χ4v) is 6.96. The number of likely N-dealkylation sites (tertiary alicyclic amines) is 1. The Bertz CT molecular complexity index is 988. The number of amides is 3. The smallest absolute Gasteiger partial charge is 0.416 e. The van der Waals surface area contributed by atoms with E-state index < -0.39 is 59.9 Å². The number of anilines is 1. The molecule has 3 aliphatic rings. The predicted octanol–water partition coefficient (Wildman–Crippen LogP) is 3.35. The number of carbonyl (C=O) groups is 4. The number of rotatable bonds is 5. The van der Waals surface area contributed by atoms with Crippen LogP contribution in [0.3, 0.4) is 0 Å². The number of carbonyl (C=O) groups excluding carboxylic acids is 4. The second kappa shape index (κ2) is 8.68. The van der Waals surface area contributed by atoms with Crippen LogP contribution in [-0.2, 0) is 30.1 Å². The van der Waals surface area contributed by atoms with Crippen molar-refractivity contribution in [1.82, 2.24) is 4.90 Å². The summed E-state index contributed by atoms with van der Waals surface area (Å²) in [6, 6.07) is 2.79. The summed E-state index contributed by atoms with van der Waals surface area (Å²) in [4.78, 5) is 51.5. The molecule has 1 N–H and O–H groups in total. The lowest BCUT2D eigenvalue weighted by atomic mass is 9.81. The van der Waals surface area contributed by atoms with Crippen molar-refractivity contribution in [2.24, 2.45) is 23.7 Å². The number of fused-ring (bicyclic) bond motifs is 5. The lowest BCUT2D eigenvalue weighted by Gasteiger charge is -2.28.